The Labute approximate surface area is 93.8 Å². The maximum absolute atomic E-state index is 8.81. The lowest BCUT2D eigenvalue weighted by Gasteiger charge is -2.47. The molecule has 88 valence electrons. The molecule has 0 saturated heterocycles. The highest BCUT2D eigenvalue weighted by Crippen LogP contribution is 2.60. The Kier molecular flexibility index (Phi) is 3.59. The van der Waals surface area contributed by atoms with E-state index in [9.17, 15) is 0 Å². The SMILES string of the molecule is CC=O.CNC1(C)C2CCC(C2)C1(C)C. The van der Waals surface area contributed by atoms with Crippen LogP contribution in [0.2, 0.25) is 0 Å². The second-order valence-corrected chi connectivity index (χ2v) is 5.62. The first kappa shape index (κ1) is 12.7. The second-order valence-electron chi connectivity index (χ2n) is 5.62. The Morgan fingerprint density at radius 2 is 1.67 bits per heavy atom. The van der Waals surface area contributed by atoms with Crippen LogP contribution in [0.25, 0.3) is 0 Å². The summed E-state index contributed by atoms with van der Waals surface area (Å²) in [6.07, 6.45) is 5.13. The van der Waals surface area contributed by atoms with Crippen molar-refractivity contribution in [3.8, 4) is 0 Å². The van der Waals surface area contributed by atoms with E-state index < -0.39 is 0 Å². The molecule has 2 rings (SSSR count). The van der Waals surface area contributed by atoms with Crippen molar-refractivity contribution < 1.29 is 4.79 Å². The number of nitrogens with one attached hydrogen (secondary N) is 1. The number of hydrogen-bond acceptors (Lipinski definition) is 2. The second kappa shape index (κ2) is 4.25. The van der Waals surface area contributed by atoms with Gasteiger partial charge >= 0.3 is 0 Å². The summed E-state index contributed by atoms with van der Waals surface area (Å²) in [4.78, 5) is 8.81. The van der Waals surface area contributed by atoms with E-state index in [0.717, 1.165) is 18.1 Å². The van der Waals surface area contributed by atoms with Crippen LogP contribution in [0.1, 0.15) is 47.0 Å². The van der Waals surface area contributed by atoms with Gasteiger partial charge in [0.2, 0.25) is 0 Å². The molecule has 0 amide bonds. The molecule has 2 nitrogen and oxygen atoms in total. The maximum atomic E-state index is 8.81. The molecule has 3 atom stereocenters. The molecule has 0 aromatic rings. The summed E-state index contributed by atoms with van der Waals surface area (Å²) >= 11 is 0. The molecule has 0 radical (unpaired) electrons. The van der Waals surface area contributed by atoms with Crippen molar-refractivity contribution in [2.75, 3.05) is 7.05 Å². The van der Waals surface area contributed by atoms with Gasteiger partial charge in [-0.15, -0.1) is 0 Å². The lowest BCUT2D eigenvalue weighted by atomic mass is 9.64. The average molecular weight is 211 g/mol. The Hall–Kier alpha value is -0.370. The zero-order valence-corrected chi connectivity index (χ0v) is 10.8. The molecule has 2 aliphatic carbocycles. The molecule has 0 aromatic carbocycles. The summed E-state index contributed by atoms with van der Waals surface area (Å²) in [7, 11) is 2.13. The van der Waals surface area contributed by atoms with E-state index in [-0.39, 0.29) is 0 Å². The Morgan fingerprint density at radius 3 is 1.93 bits per heavy atom. The highest BCUT2D eigenvalue weighted by Gasteiger charge is 2.59. The van der Waals surface area contributed by atoms with Crippen molar-refractivity contribution >= 4 is 6.29 Å². The highest BCUT2D eigenvalue weighted by molar-refractivity contribution is 5.44. The minimum Gasteiger partial charge on any atom is -0.314 e. The van der Waals surface area contributed by atoms with Gasteiger partial charge in [0.25, 0.3) is 0 Å². The maximum Gasteiger partial charge on any atom is 0.116 e. The normalized spacial score (nSPS) is 40.9. The van der Waals surface area contributed by atoms with Crippen LogP contribution in [0.15, 0.2) is 0 Å². The van der Waals surface area contributed by atoms with Gasteiger partial charge < -0.3 is 10.1 Å². The number of aldehydes is 1. The van der Waals surface area contributed by atoms with Crippen LogP contribution >= 0.6 is 0 Å². The monoisotopic (exact) mass is 211 g/mol. The molecule has 2 aliphatic rings. The van der Waals surface area contributed by atoms with Crippen LogP contribution in [0.5, 0.6) is 0 Å². The van der Waals surface area contributed by atoms with Gasteiger partial charge in [0.05, 0.1) is 0 Å². The molecule has 2 saturated carbocycles. The Balaban J connectivity index is 0.000000337. The molecule has 0 spiro atoms. The summed E-state index contributed by atoms with van der Waals surface area (Å²) in [5.74, 6) is 1.91. The largest absolute Gasteiger partial charge is 0.314 e. The molecular weight excluding hydrogens is 186 g/mol. The molecule has 0 aromatic heterocycles. The third-order valence-electron chi connectivity index (χ3n) is 5.13. The van der Waals surface area contributed by atoms with Crippen LogP contribution in [0, 0.1) is 17.3 Å². The number of carbonyl (C=O) groups excluding carboxylic acids is 1. The number of rotatable bonds is 1. The molecule has 3 unspecified atom stereocenters. The van der Waals surface area contributed by atoms with Gasteiger partial charge in [-0.3, -0.25) is 0 Å². The van der Waals surface area contributed by atoms with E-state index in [1.165, 1.54) is 26.2 Å². The van der Waals surface area contributed by atoms with E-state index in [1.807, 2.05) is 0 Å². The van der Waals surface area contributed by atoms with Gasteiger partial charge in [0, 0.05) is 5.54 Å². The predicted octanol–water partition coefficient (Wildman–Crippen LogP) is 2.63. The quantitative estimate of drug-likeness (QED) is 0.676. The van der Waals surface area contributed by atoms with E-state index in [0.29, 0.717) is 11.0 Å². The number of fused-ring (bicyclic) bond motifs is 2. The van der Waals surface area contributed by atoms with Crippen molar-refractivity contribution in [2.24, 2.45) is 17.3 Å². The van der Waals surface area contributed by atoms with Crippen LogP contribution < -0.4 is 5.32 Å². The van der Waals surface area contributed by atoms with Crippen molar-refractivity contribution in [2.45, 2.75) is 52.5 Å². The smallest absolute Gasteiger partial charge is 0.116 e. The minimum atomic E-state index is 0.399. The lowest BCUT2D eigenvalue weighted by molar-refractivity contribution is -0.106. The fourth-order valence-corrected chi connectivity index (χ4v) is 3.64. The molecule has 0 aliphatic heterocycles. The first-order valence-electron chi connectivity index (χ1n) is 6.02. The standard InChI is InChI=1S/C11H21N.C2H4O/c1-10(2)8-5-6-9(7-8)11(10,3)12-4;1-2-3/h8-9,12H,5-7H2,1-4H3;2H,1H3. The number of hydrogen-bond donors (Lipinski definition) is 1. The van der Waals surface area contributed by atoms with Crippen LogP contribution in [-0.4, -0.2) is 18.9 Å². The fraction of sp³-hybridized carbons (Fsp3) is 0.923. The third kappa shape index (κ3) is 1.73. The van der Waals surface area contributed by atoms with Gasteiger partial charge in [-0.2, -0.15) is 0 Å². The van der Waals surface area contributed by atoms with Crippen LogP contribution in [0.4, 0.5) is 0 Å². The molecule has 0 heterocycles. The summed E-state index contributed by atoms with van der Waals surface area (Å²) in [6.45, 7) is 8.73. The van der Waals surface area contributed by atoms with Crippen molar-refractivity contribution in [3.63, 3.8) is 0 Å². The summed E-state index contributed by atoms with van der Waals surface area (Å²) in [5, 5.41) is 3.56. The topological polar surface area (TPSA) is 29.1 Å². The average Bonchev–Trinajstić information content (AvgIpc) is 2.71. The van der Waals surface area contributed by atoms with E-state index in [1.54, 1.807) is 0 Å². The van der Waals surface area contributed by atoms with Crippen LogP contribution in [-0.2, 0) is 4.79 Å². The van der Waals surface area contributed by atoms with Gasteiger partial charge in [-0.1, -0.05) is 13.8 Å². The summed E-state index contributed by atoms with van der Waals surface area (Å²) in [6, 6.07) is 0. The van der Waals surface area contributed by atoms with Crippen LogP contribution in [0.3, 0.4) is 0 Å². The lowest BCUT2D eigenvalue weighted by Crippen LogP contribution is -2.55. The van der Waals surface area contributed by atoms with E-state index in [2.05, 4.69) is 33.1 Å². The molecule has 1 N–H and O–H groups in total. The van der Waals surface area contributed by atoms with Gasteiger partial charge in [-0.25, -0.2) is 0 Å². The van der Waals surface area contributed by atoms with Gasteiger partial charge in [-0.05, 0) is 57.4 Å². The first-order chi connectivity index (χ1) is 6.94. The minimum absolute atomic E-state index is 0.399. The molecule has 2 fully saturated rings. The first-order valence-corrected chi connectivity index (χ1v) is 6.02. The van der Waals surface area contributed by atoms with E-state index in [4.69, 9.17) is 4.79 Å². The molecular formula is C13H25NO. The molecule has 2 heteroatoms. The summed E-state index contributed by atoms with van der Waals surface area (Å²) in [5.41, 5.74) is 0.903. The highest BCUT2D eigenvalue weighted by atomic mass is 16.1. The molecule has 2 bridgehead atoms. The zero-order chi connectivity index (χ0) is 11.7. The Bertz CT molecular complexity index is 237. The zero-order valence-electron chi connectivity index (χ0n) is 10.8. The summed E-state index contributed by atoms with van der Waals surface area (Å²) < 4.78 is 0. The van der Waals surface area contributed by atoms with Crippen molar-refractivity contribution in [3.05, 3.63) is 0 Å². The van der Waals surface area contributed by atoms with Gasteiger partial charge in [0.1, 0.15) is 6.29 Å². The van der Waals surface area contributed by atoms with Gasteiger partial charge in [0.15, 0.2) is 0 Å². The van der Waals surface area contributed by atoms with Crippen molar-refractivity contribution in [1.82, 2.24) is 5.32 Å². The Morgan fingerprint density at radius 1 is 1.20 bits per heavy atom. The van der Waals surface area contributed by atoms with Crippen molar-refractivity contribution in [1.29, 1.82) is 0 Å². The van der Waals surface area contributed by atoms with E-state index >= 15 is 0 Å². The fourth-order valence-electron chi connectivity index (χ4n) is 3.64. The predicted molar refractivity (Wildman–Crippen MR) is 63.8 cm³/mol. The third-order valence-corrected chi connectivity index (χ3v) is 5.13. The number of carbonyl (C=O) groups is 1. The molecule has 15 heavy (non-hydrogen) atoms.